The Bertz CT molecular complexity index is 416. The van der Waals surface area contributed by atoms with E-state index < -0.39 is 0 Å². The molecule has 1 rings (SSSR count). The van der Waals surface area contributed by atoms with Crippen LogP contribution >= 0.6 is 0 Å². The molecule has 0 saturated carbocycles. The molecule has 1 amide bonds. The van der Waals surface area contributed by atoms with Gasteiger partial charge in [0.2, 0.25) is 5.91 Å². The number of nitrogens with one attached hydrogen (secondary N) is 1. The molecule has 0 spiro atoms. The summed E-state index contributed by atoms with van der Waals surface area (Å²) in [6, 6.07) is 7.84. The number of carbonyl (C=O) groups is 1. The van der Waals surface area contributed by atoms with Crippen molar-refractivity contribution in [2.45, 2.75) is 26.7 Å². The van der Waals surface area contributed by atoms with Crippen molar-refractivity contribution in [1.29, 1.82) is 0 Å². The van der Waals surface area contributed by atoms with E-state index in [0.29, 0.717) is 19.5 Å². The molecule has 106 valence electrons. The van der Waals surface area contributed by atoms with E-state index in [4.69, 9.17) is 10.5 Å². The average molecular weight is 264 g/mol. The highest BCUT2D eigenvalue weighted by atomic mass is 16.5. The van der Waals surface area contributed by atoms with Gasteiger partial charge in [-0.2, -0.15) is 0 Å². The van der Waals surface area contributed by atoms with Gasteiger partial charge in [-0.1, -0.05) is 32.0 Å². The van der Waals surface area contributed by atoms with E-state index in [2.05, 4.69) is 5.32 Å². The molecule has 3 N–H and O–H groups in total. The van der Waals surface area contributed by atoms with E-state index in [1.165, 1.54) is 0 Å². The molecule has 0 radical (unpaired) electrons. The van der Waals surface area contributed by atoms with Crippen molar-refractivity contribution in [3.05, 3.63) is 29.8 Å². The summed E-state index contributed by atoms with van der Waals surface area (Å²) in [6.07, 6.45) is 1.22. The van der Waals surface area contributed by atoms with Gasteiger partial charge in [-0.05, 0) is 30.0 Å². The molecule has 0 saturated heterocycles. The lowest BCUT2D eigenvalue weighted by Gasteiger charge is -2.21. The summed E-state index contributed by atoms with van der Waals surface area (Å²) in [7, 11) is 1.65. The normalized spacial score (nSPS) is 11.2. The van der Waals surface area contributed by atoms with E-state index in [0.717, 1.165) is 17.7 Å². The SMILES string of the molecule is COc1ccccc1CCNC(=O)CC(C)(C)CN. The Balaban J connectivity index is 2.40. The lowest BCUT2D eigenvalue weighted by atomic mass is 9.89. The molecule has 1 aromatic rings. The molecule has 0 unspecified atom stereocenters. The molecule has 4 heteroatoms. The van der Waals surface area contributed by atoms with Gasteiger partial charge in [0.25, 0.3) is 0 Å². The van der Waals surface area contributed by atoms with E-state index in [1.54, 1.807) is 7.11 Å². The van der Waals surface area contributed by atoms with Crippen LogP contribution in [0, 0.1) is 5.41 Å². The third-order valence-electron chi connectivity index (χ3n) is 3.10. The number of amides is 1. The zero-order chi connectivity index (χ0) is 14.3. The van der Waals surface area contributed by atoms with Crippen LogP contribution in [0.2, 0.25) is 0 Å². The first-order chi connectivity index (χ1) is 8.98. The Morgan fingerprint density at radius 1 is 1.37 bits per heavy atom. The van der Waals surface area contributed by atoms with E-state index in [9.17, 15) is 4.79 Å². The zero-order valence-electron chi connectivity index (χ0n) is 12.0. The second-order valence-electron chi connectivity index (χ2n) is 5.46. The Morgan fingerprint density at radius 2 is 2.05 bits per heavy atom. The highest BCUT2D eigenvalue weighted by Gasteiger charge is 2.19. The first kappa shape index (κ1) is 15.5. The summed E-state index contributed by atoms with van der Waals surface area (Å²) in [5, 5.41) is 2.92. The average Bonchev–Trinajstić information content (AvgIpc) is 2.38. The van der Waals surface area contributed by atoms with Gasteiger partial charge in [0.1, 0.15) is 5.75 Å². The number of ether oxygens (including phenoxy) is 1. The van der Waals surface area contributed by atoms with Crippen LogP contribution in [0.15, 0.2) is 24.3 Å². The fraction of sp³-hybridized carbons (Fsp3) is 0.533. The minimum absolute atomic E-state index is 0.0466. The van der Waals surface area contributed by atoms with Crippen molar-refractivity contribution in [2.75, 3.05) is 20.2 Å². The van der Waals surface area contributed by atoms with Crippen LogP contribution in [-0.4, -0.2) is 26.1 Å². The molecule has 1 aromatic carbocycles. The van der Waals surface area contributed by atoms with E-state index in [1.807, 2.05) is 38.1 Å². The Hall–Kier alpha value is -1.55. The van der Waals surface area contributed by atoms with Crippen LogP contribution in [0.4, 0.5) is 0 Å². The Labute approximate surface area is 115 Å². The maximum absolute atomic E-state index is 11.8. The van der Waals surface area contributed by atoms with Crippen LogP contribution in [0.25, 0.3) is 0 Å². The number of hydrogen-bond donors (Lipinski definition) is 2. The summed E-state index contributed by atoms with van der Waals surface area (Å²) in [6.45, 7) is 5.10. The standard InChI is InChI=1S/C15H24N2O2/c1-15(2,11-16)10-14(18)17-9-8-12-6-4-5-7-13(12)19-3/h4-7H,8-11,16H2,1-3H3,(H,17,18). The van der Waals surface area contributed by atoms with Crippen LogP contribution in [0.1, 0.15) is 25.8 Å². The quantitative estimate of drug-likeness (QED) is 0.788. The maximum atomic E-state index is 11.8. The third kappa shape index (κ3) is 5.30. The zero-order valence-corrected chi connectivity index (χ0v) is 12.0. The smallest absolute Gasteiger partial charge is 0.220 e. The monoisotopic (exact) mass is 264 g/mol. The predicted octanol–water partition coefficient (Wildman–Crippen LogP) is 1.73. The van der Waals surface area contributed by atoms with E-state index in [-0.39, 0.29) is 11.3 Å². The predicted molar refractivity (Wildman–Crippen MR) is 77.2 cm³/mol. The van der Waals surface area contributed by atoms with Crippen molar-refractivity contribution in [3.63, 3.8) is 0 Å². The lowest BCUT2D eigenvalue weighted by molar-refractivity contribution is -0.122. The summed E-state index contributed by atoms with van der Waals surface area (Å²) in [5.74, 6) is 0.907. The molecule has 0 fully saturated rings. The molecule has 0 heterocycles. The van der Waals surface area contributed by atoms with Crippen molar-refractivity contribution in [2.24, 2.45) is 11.1 Å². The minimum Gasteiger partial charge on any atom is -0.496 e. The third-order valence-corrected chi connectivity index (χ3v) is 3.10. The number of carbonyl (C=O) groups excluding carboxylic acids is 1. The summed E-state index contributed by atoms with van der Waals surface area (Å²) < 4.78 is 5.27. The number of methoxy groups -OCH3 is 1. The fourth-order valence-corrected chi connectivity index (χ4v) is 1.82. The van der Waals surface area contributed by atoms with Crippen molar-refractivity contribution >= 4 is 5.91 Å². The van der Waals surface area contributed by atoms with Crippen LogP contribution in [0.3, 0.4) is 0 Å². The van der Waals surface area contributed by atoms with E-state index >= 15 is 0 Å². The minimum atomic E-state index is -0.144. The number of nitrogens with two attached hydrogens (primary N) is 1. The number of rotatable bonds is 7. The van der Waals surface area contributed by atoms with Gasteiger partial charge >= 0.3 is 0 Å². The summed E-state index contributed by atoms with van der Waals surface area (Å²) in [5.41, 5.74) is 6.57. The van der Waals surface area contributed by atoms with Crippen molar-refractivity contribution in [3.8, 4) is 5.75 Å². The van der Waals surface area contributed by atoms with Crippen LogP contribution in [-0.2, 0) is 11.2 Å². The molecule has 0 aromatic heterocycles. The van der Waals surface area contributed by atoms with Crippen molar-refractivity contribution < 1.29 is 9.53 Å². The lowest BCUT2D eigenvalue weighted by Crippen LogP contribution is -2.33. The fourth-order valence-electron chi connectivity index (χ4n) is 1.82. The molecular weight excluding hydrogens is 240 g/mol. The van der Waals surface area contributed by atoms with Crippen LogP contribution in [0.5, 0.6) is 5.75 Å². The largest absolute Gasteiger partial charge is 0.496 e. The molecule has 19 heavy (non-hydrogen) atoms. The second-order valence-corrected chi connectivity index (χ2v) is 5.46. The van der Waals surface area contributed by atoms with Gasteiger partial charge in [-0.15, -0.1) is 0 Å². The maximum Gasteiger partial charge on any atom is 0.220 e. The molecule has 0 bridgehead atoms. The summed E-state index contributed by atoms with van der Waals surface area (Å²) in [4.78, 5) is 11.8. The van der Waals surface area contributed by atoms with Gasteiger partial charge in [0.05, 0.1) is 7.11 Å². The molecule has 4 nitrogen and oxygen atoms in total. The number of hydrogen-bond acceptors (Lipinski definition) is 3. The first-order valence-corrected chi connectivity index (χ1v) is 6.57. The van der Waals surface area contributed by atoms with Crippen molar-refractivity contribution in [1.82, 2.24) is 5.32 Å². The van der Waals surface area contributed by atoms with Gasteiger partial charge in [0, 0.05) is 13.0 Å². The van der Waals surface area contributed by atoms with Gasteiger partial charge < -0.3 is 15.8 Å². The van der Waals surface area contributed by atoms with Gasteiger partial charge in [0.15, 0.2) is 0 Å². The highest BCUT2D eigenvalue weighted by molar-refractivity contribution is 5.76. The molecule has 0 aliphatic rings. The molecule has 0 aliphatic heterocycles. The molecular formula is C15H24N2O2. The highest BCUT2D eigenvalue weighted by Crippen LogP contribution is 2.18. The summed E-state index contributed by atoms with van der Waals surface area (Å²) >= 11 is 0. The number of benzene rings is 1. The second kappa shape index (κ2) is 7.14. The molecule has 0 atom stereocenters. The number of para-hydroxylation sites is 1. The Morgan fingerprint density at radius 3 is 2.68 bits per heavy atom. The molecule has 0 aliphatic carbocycles. The van der Waals surface area contributed by atoms with Crippen LogP contribution < -0.4 is 15.8 Å². The Kier molecular flexibility index (Phi) is 5.83. The van der Waals surface area contributed by atoms with Gasteiger partial charge in [-0.3, -0.25) is 4.79 Å². The first-order valence-electron chi connectivity index (χ1n) is 6.57. The topological polar surface area (TPSA) is 64.3 Å². The van der Waals surface area contributed by atoms with Gasteiger partial charge in [-0.25, -0.2) is 0 Å².